The third-order valence-corrected chi connectivity index (χ3v) is 2.34. The van der Waals surface area contributed by atoms with Gasteiger partial charge in [-0.05, 0) is 12.1 Å². The van der Waals surface area contributed by atoms with Gasteiger partial charge in [0.1, 0.15) is 0 Å². The summed E-state index contributed by atoms with van der Waals surface area (Å²) in [7, 11) is 0. The topological polar surface area (TPSA) is 86.5 Å². The fraction of sp³-hybridized carbons (Fsp3) is 0.538. The molecule has 1 aromatic heterocycles. The van der Waals surface area contributed by atoms with Crippen LogP contribution in [0.3, 0.4) is 0 Å². The summed E-state index contributed by atoms with van der Waals surface area (Å²) in [6.45, 7) is 3.82. The summed E-state index contributed by atoms with van der Waals surface area (Å²) in [5.74, 6) is -0.112. The average molecular weight is 267 g/mol. The van der Waals surface area contributed by atoms with Crippen LogP contribution in [0.2, 0.25) is 0 Å². The number of nitrogens with zero attached hydrogens (tertiary/aromatic N) is 1. The molecule has 1 amide bonds. The Morgan fingerprint density at radius 1 is 1.37 bits per heavy atom. The SMILES string of the molecule is CC(=O)N[C@@H](COCCOCCN)c1ccccn1. The van der Waals surface area contributed by atoms with E-state index in [1.54, 1.807) is 6.20 Å². The molecule has 0 aliphatic heterocycles. The Kier molecular flexibility index (Phi) is 7.72. The van der Waals surface area contributed by atoms with Crippen LogP contribution in [0.4, 0.5) is 0 Å². The number of ether oxygens (including phenoxy) is 2. The van der Waals surface area contributed by atoms with E-state index in [-0.39, 0.29) is 11.9 Å². The van der Waals surface area contributed by atoms with Crippen molar-refractivity contribution in [1.29, 1.82) is 0 Å². The van der Waals surface area contributed by atoms with Gasteiger partial charge in [0.2, 0.25) is 5.91 Å². The first kappa shape index (κ1) is 15.6. The molecule has 1 atom stereocenters. The first-order chi connectivity index (χ1) is 9.24. The Morgan fingerprint density at radius 3 is 2.79 bits per heavy atom. The van der Waals surface area contributed by atoms with E-state index >= 15 is 0 Å². The van der Waals surface area contributed by atoms with Crippen molar-refractivity contribution in [2.24, 2.45) is 5.73 Å². The Labute approximate surface area is 113 Å². The van der Waals surface area contributed by atoms with Crippen molar-refractivity contribution in [1.82, 2.24) is 10.3 Å². The minimum Gasteiger partial charge on any atom is -0.378 e. The van der Waals surface area contributed by atoms with E-state index in [2.05, 4.69) is 10.3 Å². The second-order valence-corrected chi connectivity index (χ2v) is 3.98. The Morgan fingerprint density at radius 2 is 2.16 bits per heavy atom. The zero-order chi connectivity index (χ0) is 13.9. The lowest BCUT2D eigenvalue weighted by atomic mass is 10.2. The van der Waals surface area contributed by atoms with Crippen molar-refractivity contribution in [2.45, 2.75) is 13.0 Å². The van der Waals surface area contributed by atoms with Crippen LogP contribution in [0.15, 0.2) is 24.4 Å². The molecule has 0 bridgehead atoms. The first-order valence-corrected chi connectivity index (χ1v) is 6.27. The summed E-state index contributed by atoms with van der Waals surface area (Å²) in [4.78, 5) is 15.4. The monoisotopic (exact) mass is 267 g/mol. The Hall–Kier alpha value is -1.50. The summed E-state index contributed by atoms with van der Waals surface area (Å²) in [6, 6.07) is 5.32. The van der Waals surface area contributed by atoms with Crippen LogP contribution in [0.1, 0.15) is 18.7 Å². The number of hydrogen-bond acceptors (Lipinski definition) is 5. The summed E-state index contributed by atoms with van der Waals surface area (Å²) in [6.07, 6.45) is 1.69. The van der Waals surface area contributed by atoms with Gasteiger partial charge in [0.15, 0.2) is 0 Å². The van der Waals surface area contributed by atoms with Crippen molar-refractivity contribution in [2.75, 3.05) is 33.0 Å². The number of pyridine rings is 1. The van der Waals surface area contributed by atoms with Crippen LogP contribution in [-0.2, 0) is 14.3 Å². The van der Waals surface area contributed by atoms with Gasteiger partial charge in [-0.15, -0.1) is 0 Å². The van der Waals surface area contributed by atoms with Gasteiger partial charge < -0.3 is 20.5 Å². The Balaban J connectivity index is 2.36. The van der Waals surface area contributed by atoms with Crippen LogP contribution in [0.25, 0.3) is 0 Å². The molecule has 0 unspecified atom stereocenters. The normalized spacial score (nSPS) is 12.1. The predicted molar refractivity (Wildman–Crippen MR) is 71.5 cm³/mol. The van der Waals surface area contributed by atoms with Gasteiger partial charge in [-0.25, -0.2) is 0 Å². The maximum absolute atomic E-state index is 11.2. The van der Waals surface area contributed by atoms with Crippen LogP contribution in [0, 0.1) is 0 Å². The van der Waals surface area contributed by atoms with E-state index in [9.17, 15) is 4.79 Å². The molecule has 3 N–H and O–H groups in total. The van der Waals surface area contributed by atoms with Gasteiger partial charge >= 0.3 is 0 Å². The van der Waals surface area contributed by atoms with Gasteiger partial charge in [0, 0.05) is 19.7 Å². The van der Waals surface area contributed by atoms with E-state index in [0.717, 1.165) is 5.69 Å². The number of hydrogen-bond donors (Lipinski definition) is 2. The standard InChI is InChI=1S/C13H21N3O3/c1-11(17)16-13(12-4-2-3-6-15-12)10-19-9-8-18-7-5-14/h2-4,6,13H,5,7-10,14H2,1H3,(H,16,17)/t13-/m0/s1. The quantitative estimate of drug-likeness (QED) is 0.626. The Bertz CT molecular complexity index is 359. The van der Waals surface area contributed by atoms with Crippen LogP contribution >= 0.6 is 0 Å². The molecule has 1 heterocycles. The van der Waals surface area contributed by atoms with Gasteiger partial charge in [-0.3, -0.25) is 9.78 Å². The molecule has 1 rings (SSSR count). The number of carbonyl (C=O) groups excluding carboxylic acids is 1. The maximum Gasteiger partial charge on any atom is 0.217 e. The summed E-state index contributed by atoms with van der Waals surface area (Å²) < 4.78 is 10.7. The van der Waals surface area contributed by atoms with E-state index in [1.165, 1.54) is 6.92 Å². The second-order valence-electron chi connectivity index (χ2n) is 3.98. The highest BCUT2D eigenvalue weighted by molar-refractivity contribution is 5.73. The smallest absolute Gasteiger partial charge is 0.217 e. The molecule has 106 valence electrons. The molecular weight excluding hydrogens is 246 g/mol. The lowest BCUT2D eigenvalue weighted by Crippen LogP contribution is -2.30. The number of nitrogens with two attached hydrogens (primary N) is 1. The molecule has 0 aliphatic carbocycles. The molecule has 6 heteroatoms. The van der Waals surface area contributed by atoms with Crippen molar-refractivity contribution >= 4 is 5.91 Å². The van der Waals surface area contributed by atoms with Gasteiger partial charge in [-0.2, -0.15) is 0 Å². The summed E-state index contributed by atoms with van der Waals surface area (Å²) in [5, 5.41) is 2.81. The number of carbonyl (C=O) groups is 1. The number of rotatable bonds is 9. The third-order valence-electron chi connectivity index (χ3n) is 2.34. The van der Waals surface area contributed by atoms with Crippen LogP contribution in [0.5, 0.6) is 0 Å². The zero-order valence-electron chi connectivity index (χ0n) is 11.2. The second kappa shape index (κ2) is 9.43. The molecule has 1 aromatic rings. The lowest BCUT2D eigenvalue weighted by Gasteiger charge is -2.17. The van der Waals surface area contributed by atoms with Crippen LogP contribution in [-0.4, -0.2) is 43.9 Å². The highest BCUT2D eigenvalue weighted by atomic mass is 16.5. The summed E-state index contributed by atoms with van der Waals surface area (Å²) in [5.41, 5.74) is 6.08. The number of amides is 1. The van der Waals surface area contributed by atoms with E-state index < -0.39 is 0 Å². The third kappa shape index (κ3) is 6.85. The molecule has 0 saturated heterocycles. The molecule has 0 saturated carbocycles. The molecular formula is C13H21N3O3. The van der Waals surface area contributed by atoms with Gasteiger partial charge in [0.05, 0.1) is 38.2 Å². The van der Waals surface area contributed by atoms with E-state index in [0.29, 0.717) is 33.0 Å². The van der Waals surface area contributed by atoms with Crippen LogP contribution < -0.4 is 11.1 Å². The average Bonchev–Trinajstić information content (AvgIpc) is 2.42. The fourth-order valence-electron chi connectivity index (χ4n) is 1.53. The lowest BCUT2D eigenvalue weighted by molar-refractivity contribution is -0.120. The largest absolute Gasteiger partial charge is 0.378 e. The van der Waals surface area contributed by atoms with Crippen molar-refractivity contribution in [3.8, 4) is 0 Å². The van der Waals surface area contributed by atoms with E-state index in [1.807, 2.05) is 18.2 Å². The molecule has 0 spiro atoms. The number of nitrogens with one attached hydrogen (secondary N) is 1. The molecule has 19 heavy (non-hydrogen) atoms. The molecule has 0 aromatic carbocycles. The maximum atomic E-state index is 11.2. The highest BCUT2D eigenvalue weighted by Gasteiger charge is 2.13. The molecule has 0 radical (unpaired) electrons. The molecule has 6 nitrogen and oxygen atoms in total. The van der Waals surface area contributed by atoms with Gasteiger partial charge in [-0.1, -0.05) is 6.07 Å². The fourth-order valence-corrected chi connectivity index (χ4v) is 1.53. The minimum atomic E-state index is -0.242. The van der Waals surface area contributed by atoms with Crippen molar-refractivity contribution in [3.63, 3.8) is 0 Å². The molecule has 0 aliphatic rings. The molecule has 0 fully saturated rings. The highest BCUT2D eigenvalue weighted by Crippen LogP contribution is 2.09. The summed E-state index contributed by atoms with van der Waals surface area (Å²) >= 11 is 0. The van der Waals surface area contributed by atoms with Crippen molar-refractivity contribution in [3.05, 3.63) is 30.1 Å². The van der Waals surface area contributed by atoms with E-state index in [4.69, 9.17) is 15.2 Å². The van der Waals surface area contributed by atoms with Crippen molar-refractivity contribution < 1.29 is 14.3 Å². The number of aromatic nitrogens is 1. The zero-order valence-corrected chi connectivity index (χ0v) is 11.2. The van der Waals surface area contributed by atoms with Gasteiger partial charge in [0.25, 0.3) is 0 Å². The predicted octanol–water partition coefficient (Wildman–Crippen LogP) is 0.251. The minimum absolute atomic E-state index is 0.112. The first-order valence-electron chi connectivity index (χ1n) is 6.27.